The van der Waals surface area contributed by atoms with Crippen LogP contribution in [0.15, 0.2) is 59.4 Å². The summed E-state index contributed by atoms with van der Waals surface area (Å²) in [6.07, 6.45) is 3.20. The van der Waals surface area contributed by atoms with Crippen LogP contribution < -0.4 is 19.5 Å². The first-order valence-electron chi connectivity index (χ1n) is 9.94. The van der Waals surface area contributed by atoms with Crippen LogP contribution >= 0.6 is 11.3 Å². The molecule has 162 valence electrons. The van der Waals surface area contributed by atoms with Crippen LogP contribution in [-0.4, -0.2) is 24.6 Å². The molecule has 1 amide bonds. The summed E-state index contributed by atoms with van der Waals surface area (Å²) in [6.45, 7) is 5.13. The number of carbonyl (C=O) groups is 1. The highest BCUT2D eigenvalue weighted by Crippen LogP contribution is 2.29. The third-order valence-electron chi connectivity index (χ3n) is 4.19. The minimum atomic E-state index is -0.260. The van der Waals surface area contributed by atoms with Gasteiger partial charge in [-0.25, -0.2) is 4.98 Å². The topological polar surface area (TPSA) is 69.7 Å². The van der Waals surface area contributed by atoms with Crippen molar-refractivity contribution < 1.29 is 19.0 Å². The number of hydrogen-bond donors (Lipinski definition) is 1. The normalized spacial score (nSPS) is 11.0. The Labute approximate surface area is 186 Å². The molecule has 0 saturated carbocycles. The zero-order chi connectivity index (χ0) is 22.1. The SMILES string of the molecule is COc1cc(/C=C/C(=O)Nc2ccccc2OCc2cscn2)ccc1OCC(C)C. The highest BCUT2D eigenvalue weighted by atomic mass is 32.1. The third kappa shape index (κ3) is 6.86. The first kappa shape index (κ1) is 22.4. The van der Waals surface area contributed by atoms with Crippen molar-refractivity contribution in [3.63, 3.8) is 0 Å². The maximum Gasteiger partial charge on any atom is 0.248 e. The van der Waals surface area contributed by atoms with E-state index in [0.29, 0.717) is 42.1 Å². The van der Waals surface area contributed by atoms with Gasteiger partial charge in [0.15, 0.2) is 11.5 Å². The highest BCUT2D eigenvalue weighted by molar-refractivity contribution is 7.07. The molecule has 1 heterocycles. The van der Waals surface area contributed by atoms with Gasteiger partial charge in [-0.05, 0) is 41.8 Å². The van der Waals surface area contributed by atoms with Crippen LogP contribution in [0.4, 0.5) is 5.69 Å². The first-order chi connectivity index (χ1) is 15.0. The Morgan fingerprint density at radius 3 is 2.71 bits per heavy atom. The molecule has 0 bridgehead atoms. The lowest BCUT2D eigenvalue weighted by molar-refractivity contribution is -0.111. The Morgan fingerprint density at radius 2 is 1.97 bits per heavy atom. The Kier molecular flexibility index (Phi) is 8.06. The number of nitrogens with one attached hydrogen (secondary N) is 1. The zero-order valence-electron chi connectivity index (χ0n) is 17.8. The molecule has 0 unspecified atom stereocenters. The van der Waals surface area contributed by atoms with Crippen LogP contribution in [0.3, 0.4) is 0 Å². The number of amides is 1. The van der Waals surface area contributed by atoms with E-state index in [4.69, 9.17) is 14.2 Å². The molecule has 0 radical (unpaired) electrons. The van der Waals surface area contributed by atoms with E-state index in [9.17, 15) is 4.79 Å². The van der Waals surface area contributed by atoms with E-state index >= 15 is 0 Å². The number of ether oxygens (including phenoxy) is 3. The second-order valence-electron chi connectivity index (χ2n) is 7.20. The monoisotopic (exact) mass is 438 g/mol. The number of aromatic nitrogens is 1. The molecule has 3 rings (SSSR count). The van der Waals surface area contributed by atoms with Gasteiger partial charge in [-0.1, -0.05) is 32.0 Å². The quantitative estimate of drug-likeness (QED) is 0.428. The van der Waals surface area contributed by atoms with Gasteiger partial charge in [0.2, 0.25) is 5.91 Å². The summed E-state index contributed by atoms with van der Waals surface area (Å²) in [6, 6.07) is 12.9. The number of hydrogen-bond acceptors (Lipinski definition) is 6. The average Bonchev–Trinajstić information content (AvgIpc) is 3.29. The van der Waals surface area contributed by atoms with Crippen molar-refractivity contribution in [1.29, 1.82) is 0 Å². The lowest BCUT2D eigenvalue weighted by Crippen LogP contribution is -2.09. The van der Waals surface area contributed by atoms with E-state index in [1.54, 1.807) is 24.8 Å². The van der Waals surface area contributed by atoms with Gasteiger partial charge in [0, 0.05) is 11.5 Å². The molecule has 31 heavy (non-hydrogen) atoms. The molecule has 3 aromatic rings. The number of para-hydroxylation sites is 2. The summed E-state index contributed by atoms with van der Waals surface area (Å²) >= 11 is 1.51. The first-order valence-corrected chi connectivity index (χ1v) is 10.9. The second kappa shape index (κ2) is 11.2. The standard InChI is InChI=1S/C24H26N2O4S/c1-17(2)13-29-22-10-8-18(12-23(22)28-3)9-11-24(27)26-20-6-4-5-7-21(20)30-14-19-15-31-16-25-19/h4-12,15-17H,13-14H2,1-3H3,(H,26,27)/b11-9+. The van der Waals surface area contributed by atoms with Gasteiger partial charge in [0.05, 0.1) is 30.6 Å². The van der Waals surface area contributed by atoms with Crippen molar-refractivity contribution in [1.82, 2.24) is 4.98 Å². The van der Waals surface area contributed by atoms with E-state index in [1.165, 1.54) is 17.4 Å². The molecule has 0 spiro atoms. The van der Waals surface area contributed by atoms with Gasteiger partial charge in [0.25, 0.3) is 0 Å². The van der Waals surface area contributed by atoms with Crippen molar-refractivity contribution in [2.24, 2.45) is 5.92 Å². The van der Waals surface area contributed by atoms with Crippen molar-refractivity contribution in [2.75, 3.05) is 19.0 Å². The Hall–Kier alpha value is -3.32. The molecular formula is C24H26N2O4S. The molecule has 0 aliphatic rings. The lowest BCUT2D eigenvalue weighted by atomic mass is 10.2. The molecule has 0 aliphatic heterocycles. The molecule has 1 N–H and O–H groups in total. The van der Waals surface area contributed by atoms with Crippen molar-refractivity contribution in [3.8, 4) is 17.2 Å². The van der Waals surface area contributed by atoms with Gasteiger partial charge < -0.3 is 19.5 Å². The molecule has 1 aromatic heterocycles. The summed E-state index contributed by atoms with van der Waals surface area (Å²) in [7, 11) is 1.60. The number of anilines is 1. The maximum absolute atomic E-state index is 12.4. The number of rotatable bonds is 10. The summed E-state index contributed by atoms with van der Waals surface area (Å²) in [5.74, 6) is 2.06. The maximum atomic E-state index is 12.4. The fourth-order valence-electron chi connectivity index (χ4n) is 2.67. The van der Waals surface area contributed by atoms with Gasteiger partial charge in [-0.15, -0.1) is 11.3 Å². The molecule has 0 aliphatic carbocycles. The summed E-state index contributed by atoms with van der Waals surface area (Å²) in [5.41, 5.74) is 4.04. The van der Waals surface area contributed by atoms with Gasteiger partial charge in [-0.2, -0.15) is 0 Å². The molecule has 6 nitrogen and oxygen atoms in total. The molecule has 0 atom stereocenters. The average molecular weight is 439 g/mol. The Balaban J connectivity index is 1.63. The highest BCUT2D eigenvalue weighted by Gasteiger charge is 2.08. The van der Waals surface area contributed by atoms with E-state index in [0.717, 1.165) is 11.3 Å². The number of carbonyl (C=O) groups excluding carboxylic acids is 1. The number of benzene rings is 2. The summed E-state index contributed by atoms with van der Waals surface area (Å²) in [4.78, 5) is 16.7. The smallest absolute Gasteiger partial charge is 0.248 e. The lowest BCUT2D eigenvalue weighted by Gasteiger charge is -2.13. The van der Waals surface area contributed by atoms with Crippen molar-refractivity contribution in [2.45, 2.75) is 20.5 Å². The zero-order valence-corrected chi connectivity index (χ0v) is 18.6. The number of methoxy groups -OCH3 is 1. The van der Waals surface area contributed by atoms with E-state index in [2.05, 4.69) is 24.1 Å². The fourth-order valence-corrected chi connectivity index (χ4v) is 3.21. The van der Waals surface area contributed by atoms with Crippen LogP contribution in [0, 0.1) is 5.92 Å². The predicted molar refractivity (Wildman–Crippen MR) is 124 cm³/mol. The number of nitrogens with zero attached hydrogens (tertiary/aromatic N) is 1. The fraction of sp³-hybridized carbons (Fsp3) is 0.250. The van der Waals surface area contributed by atoms with E-state index in [1.807, 2.05) is 41.8 Å². The van der Waals surface area contributed by atoms with Gasteiger partial charge in [-0.3, -0.25) is 4.79 Å². The molecular weight excluding hydrogens is 412 g/mol. The Bertz CT molecular complexity index is 1020. The third-order valence-corrected chi connectivity index (χ3v) is 4.83. The van der Waals surface area contributed by atoms with Gasteiger partial charge in [0.1, 0.15) is 12.4 Å². The van der Waals surface area contributed by atoms with E-state index in [-0.39, 0.29) is 5.91 Å². The van der Waals surface area contributed by atoms with Crippen molar-refractivity contribution in [3.05, 3.63) is 70.7 Å². The molecule has 0 fully saturated rings. The summed E-state index contributed by atoms with van der Waals surface area (Å²) in [5, 5.41) is 4.79. The van der Waals surface area contributed by atoms with Crippen LogP contribution in [-0.2, 0) is 11.4 Å². The van der Waals surface area contributed by atoms with Crippen LogP contribution in [0.2, 0.25) is 0 Å². The van der Waals surface area contributed by atoms with Crippen molar-refractivity contribution >= 4 is 29.0 Å². The molecule has 7 heteroatoms. The second-order valence-corrected chi connectivity index (χ2v) is 7.92. The van der Waals surface area contributed by atoms with Crippen LogP contribution in [0.25, 0.3) is 6.08 Å². The summed E-state index contributed by atoms with van der Waals surface area (Å²) < 4.78 is 17.0. The Morgan fingerprint density at radius 1 is 1.13 bits per heavy atom. The van der Waals surface area contributed by atoms with Gasteiger partial charge >= 0.3 is 0 Å². The minimum absolute atomic E-state index is 0.260. The van der Waals surface area contributed by atoms with Crippen LogP contribution in [0.5, 0.6) is 17.2 Å². The minimum Gasteiger partial charge on any atom is -0.493 e. The molecule has 0 saturated heterocycles. The number of thiazole rings is 1. The predicted octanol–water partition coefficient (Wildman–Crippen LogP) is 5.42. The van der Waals surface area contributed by atoms with Crippen LogP contribution in [0.1, 0.15) is 25.1 Å². The largest absolute Gasteiger partial charge is 0.493 e. The molecule has 2 aromatic carbocycles. The van der Waals surface area contributed by atoms with E-state index < -0.39 is 0 Å².